The van der Waals surface area contributed by atoms with Crippen molar-refractivity contribution in [1.29, 1.82) is 0 Å². The lowest BCUT2D eigenvalue weighted by Gasteiger charge is -2.28. The Hall–Kier alpha value is -3.12. The van der Waals surface area contributed by atoms with E-state index in [4.69, 9.17) is 9.57 Å². The van der Waals surface area contributed by atoms with E-state index >= 15 is 0 Å². The first-order chi connectivity index (χ1) is 21.7. The van der Waals surface area contributed by atoms with Gasteiger partial charge < -0.3 is 25.4 Å². The van der Waals surface area contributed by atoms with Crippen molar-refractivity contribution in [3.63, 3.8) is 0 Å². The van der Waals surface area contributed by atoms with Gasteiger partial charge in [0.05, 0.1) is 12.2 Å². The number of carbonyl (C=O) groups is 2. The van der Waals surface area contributed by atoms with Gasteiger partial charge in [-0.2, -0.15) is 0 Å². The van der Waals surface area contributed by atoms with Crippen LogP contribution < -0.4 is 21.0 Å². The molecule has 1 aliphatic carbocycles. The highest BCUT2D eigenvalue weighted by Crippen LogP contribution is 2.27. The molecule has 3 rings (SSSR count). The fourth-order valence-electron chi connectivity index (χ4n) is 5.47. The van der Waals surface area contributed by atoms with E-state index in [1.165, 1.54) is 24.4 Å². The first-order valence-electron chi connectivity index (χ1n) is 16.5. The molecule has 1 amide bonds. The SMILES string of the molecule is CCC(CCN(C)c1ncc(C(=O)NOC(C)OCC(C)C)cn1)CNCc1ccc(CN[C@H](C(=O)O)C2CCCCC2)cc1. The summed E-state index contributed by atoms with van der Waals surface area (Å²) in [6, 6.07) is 7.92. The average molecular weight is 627 g/mol. The highest BCUT2D eigenvalue weighted by molar-refractivity contribution is 5.92. The van der Waals surface area contributed by atoms with Crippen molar-refractivity contribution in [3.05, 3.63) is 53.3 Å². The van der Waals surface area contributed by atoms with Crippen molar-refractivity contribution >= 4 is 17.8 Å². The molecule has 45 heavy (non-hydrogen) atoms. The molecule has 1 fully saturated rings. The Morgan fingerprint density at radius 1 is 1.02 bits per heavy atom. The fraction of sp³-hybridized carbons (Fsp3) is 0.647. The van der Waals surface area contributed by atoms with Crippen LogP contribution in [0.15, 0.2) is 36.7 Å². The van der Waals surface area contributed by atoms with Crippen LogP contribution in [0.5, 0.6) is 0 Å². The van der Waals surface area contributed by atoms with E-state index in [0.717, 1.165) is 63.7 Å². The van der Waals surface area contributed by atoms with Crippen LogP contribution in [0.1, 0.15) is 94.1 Å². The Morgan fingerprint density at radius 2 is 1.67 bits per heavy atom. The Balaban J connectivity index is 1.36. The number of carboxylic acid groups (broad SMARTS) is 1. The van der Waals surface area contributed by atoms with Gasteiger partial charge in [0, 0.05) is 39.1 Å². The largest absolute Gasteiger partial charge is 0.480 e. The summed E-state index contributed by atoms with van der Waals surface area (Å²) in [6.45, 7) is 11.6. The van der Waals surface area contributed by atoms with Crippen LogP contribution in [0.25, 0.3) is 0 Å². The van der Waals surface area contributed by atoms with Crippen molar-refractivity contribution in [1.82, 2.24) is 26.1 Å². The molecule has 0 aliphatic heterocycles. The molecule has 4 N–H and O–H groups in total. The van der Waals surface area contributed by atoms with Gasteiger partial charge in [0.15, 0.2) is 6.29 Å². The second-order valence-electron chi connectivity index (χ2n) is 12.6. The Kier molecular flexibility index (Phi) is 15.7. The maximum absolute atomic E-state index is 12.4. The summed E-state index contributed by atoms with van der Waals surface area (Å²) in [5.74, 6) is 0.488. The van der Waals surface area contributed by atoms with Gasteiger partial charge in [0.1, 0.15) is 6.04 Å². The molecule has 1 aromatic heterocycles. The molecule has 1 aromatic carbocycles. The van der Waals surface area contributed by atoms with Crippen LogP contribution in [0.4, 0.5) is 5.95 Å². The number of hydrogen-bond acceptors (Lipinski definition) is 9. The van der Waals surface area contributed by atoms with Gasteiger partial charge in [0.25, 0.3) is 5.91 Å². The number of ether oxygens (including phenoxy) is 1. The Labute approximate surface area is 268 Å². The lowest BCUT2D eigenvalue weighted by Crippen LogP contribution is -2.43. The molecule has 11 nitrogen and oxygen atoms in total. The summed E-state index contributed by atoms with van der Waals surface area (Å²) in [5, 5.41) is 16.6. The molecule has 0 saturated heterocycles. The summed E-state index contributed by atoms with van der Waals surface area (Å²) in [5.41, 5.74) is 5.00. The number of carboxylic acids is 1. The summed E-state index contributed by atoms with van der Waals surface area (Å²) >= 11 is 0. The molecule has 250 valence electrons. The van der Waals surface area contributed by atoms with Gasteiger partial charge in [-0.15, -0.1) is 0 Å². The minimum Gasteiger partial charge on any atom is -0.480 e. The third-order valence-electron chi connectivity index (χ3n) is 8.37. The van der Waals surface area contributed by atoms with Crippen molar-refractivity contribution < 1.29 is 24.3 Å². The zero-order chi connectivity index (χ0) is 32.6. The highest BCUT2D eigenvalue weighted by atomic mass is 16.8. The van der Waals surface area contributed by atoms with Crippen molar-refractivity contribution in [2.45, 2.75) is 98.1 Å². The second-order valence-corrected chi connectivity index (χ2v) is 12.6. The van der Waals surface area contributed by atoms with Crippen LogP contribution in [0, 0.1) is 17.8 Å². The van der Waals surface area contributed by atoms with Crippen molar-refractivity contribution in [2.75, 3.05) is 31.6 Å². The highest BCUT2D eigenvalue weighted by Gasteiger charge is 2.28. The predicted octanol–water partition coefficient (Wildman–Crippen LogP) is 4.92. The molecule has 1 saturated carbocycles. The van der Waals surface area contributed by atoms with Crippen molar-refractivity contribution in [2.24, 2.45) is 17.8 Å². The molecule has 0 spiro atoms. The lowest BCUT2D eigenvalue weighted by molar-refractivity contribution is -0.163. The van der Waals surface area contributed by atoms with E-state index in [0.29, 0.717) is 36.5 Å². The fourth-order valence-corrected chi connectivity index (χ4v) is 5.47. The van der Waals surface area contributed by atoms with Crippen molar-refractivity contribution in [3.8, 4) is 0 Å². The predicted molar refractivity (Wildman–Crippen MR) is 175 cm³/mol. The third kappa shape index (κ3) is 13.0. The van der Waals surface area contributed by atoms with Gasteiger partial charge in [0.2, 0.25) is 5.95 Å². The number of aromatic nitrogens is 2. The number of amides is 1. The Morgan fingerprint density at radius 3 is 2.27 bits per heavy atom. The van der Waals surface area contributed by atoms with Gasteiger partial charge in [-0.05, 0) is 61.6 Å². The van der Waals surface area contributed by atoms with Gasteiger partial charge >= 0.3 is 5.97 Å². The summed E-state index contributed by atoms with van der Waals surface area (Å²) in [4.78, 5) is 40.2. The standard InChI is InChI=1S/C34H54N6O5/c1-6-26(16-17-40(5)34-37-21-30(22-38-34)32(41)39-45-25(4)44-23-24(2)3)18-35-19-27-12-14-28(15-13-27)20-36-31(33(42)43)29-10-8-7-9-11-29/h12-15,21-22,24-26,29,31,35-36H,6-11,16-20,23H2,1-5H3,(H,39,41)(H,42,43)/t25?,26?,31-/m0/s1. The number of rotatable bonds is 20. The molecular formula is C34H54N6O5. The number of hydrogen-bond donors (Lipinski definition) is 4. The Bertz CT molecular complexity index is 1140. The number of anilines is 1. The summed E-state index contributed by atoms with van der Waals surface area (Å²) < 4.78 is 5.49. The lowest BCUT2D eigenvalue weighted by atomic mass is 9.84. The molecule has 1 aliphatic rings. The van der Waals surface area contributed by atoms with Crippen LogP contribution in [-0.2, 0) is 27.5 Å². The minimum atomic E-state index is -0.742. The summed E-state index contributed by atoms with van der Waals surface area (Å²) in [6.07, 6.45) is 9.94. The number of carbonyl (C=O) groups excluding carboxylic acids is 1. The minimum absolute atomic E-state index is 0.224. The molecule has 11 heteroatoms. The quantitative estimate of drug-likeness (QED) is 0.118. The molecule has 2 aromatic rings. The summed E-state index contributed by atoms with van der Waals surface area (Å²) in [7, 11) is 1.95. The number of hydroxylamine groups is 1. The maximum Gasteiger partial charge on any atom is 0.320 e. The molecule has 0 bridgehead atoms. The van der Waals surface area contributed by atoms with Crippen LogP contribution in [-0.4, -0.2) is 66.0 Å². The number of nitrogens with zero attached hydrogens (tertiary/aromatic N) is 3. The van der Waals surface area contributed by atoms with E-state index in [1.54, 1.807) is 6.92 Å². The van der Waals surface area contributed by atoms with Crippen LogP contribution in [0.2, 0.25) is 0 Å². The maximum atomic E-state index is 12.4. The number of benzene rings is 1. The van der Waals surface area contributed by atoms with Crippen LogP contribution in [0.3, 0.4) is 0 Å². The normalized spacial score (nSPS) is 15.9. The molecular weight excluding hydrogens is 572 g/mol. The second kappa shape index (κ2) is 19.4. The molecule has 1 heterocycles. The van der Waals surface area contributed by atoms with E-state index in [1.807, 2.05) is 25.8 Å². The van der Waals surface area contributed by atoms with Gasteiger partial charge in [-0.25, -0.2) is 20.3 Å². The smallest absolute Gasteiger partial charge is 0.320 e. The molecule has 0 radical (unpaired) electrons. The molecule has 2 unspecified atom stereocenters. The first-order valence-corrected chi connectivity index (χ1v) is 16.5. The zero-order valence-corrected chi connectivity index (χ0v) is 27.8. The third-order valence-corrected chi connectivity index (χ3v) is 8.37. The van der Waals surface area contributed by atoms with Gasteiger partial charge in [-0.1, -0.05) is 70.7 Å². The topological polar surface area (TPSA) is 138 Å². The monoisotopic (exact) mass is 626 g/mol. The van der Waals surface area contributed by atoms with E-state index in [9.17, 15) is 14.7 Å². The van der Waals surface area contributed by atoms with Gasteiger partial charge in [-0.3, -0.25) is 9.59 Å². The van der Waals surface area contributed by atoms with E-state index in [2.05, 4.69) is 57.3 Å². The van der Waals surface area contributed by atoms with E-state index in [-0.39, 0.29) is 5.92 Å². The average Bonchev–Trinajstić information content (AvgIpc) is 3.05. The van der Waals surface area contributed by atoms with E-state index < -0.39 is 24.2 Å². The molecule has 3 atom stereocenters. The number of nitrogens with one attached hydrogen (secondary N) is 3. The van der Waals surface area contributed by atoms with Crippen LogP contribution >= 0.6 is 0 Å². The number of aliphatic carboxylic acids is 1. The zero-order valence-electron chi connectivity index (χ0n) is 27.8. The first kappa shape index (κ1) is 36.3.